The Balaban J connectivity index is 1.63. The largest absolute Gasteiger partial charge is 0.385 e. The van der Waals surface area contributed by atoms with E-state index in [4.69, 9.17) is 0 Å². The molecular weight excluding hydrogens is 226 g/mol. The molecule has 0 aromatic heterocycles. The molecule has 1 aliphatic heterocycles. The Morgan fingerprint density at radius 2 is 2.17 bits per heavy atom. The molecule has 0 unspecified atom stereocenters. The molecule has 96 valence electrons. The molecule has 2 aliphatic rings. The standard InChI is InChI=1S/C14H19N3O/c18-14(16-11-4-1-5-11)17-12-7-6-10-3-2-8-15-13(10)9-12/h6-7,9,11,15H,1-5,8H2,(H2,16,17,18). The van der Waals surface area contributed by atoms with Gasteiger partial charge in [-0.3, -0.25) is 0 Å². The van der Waals surface area contributed by atoms with E-state index in [1.54, 1.807) is 0 Å². The zero-order valence-electron chi connectivity index (χ0n) is 10.5. The van der Waals surface area contributed by atoms with Crippen LogP contribution in [0, 0.1) is 0 Å². The molecule has 0 saturated heterocycles. The Kier molecular flexibility index (Phi) is 3.09. The Labute approximate surface area is 107 Å². The summed E-state index contributed by atoms with van der Waals surface area (Å²) in [6.07, 6.45) is 5.75. The summed E-state index contributed by atoms with van der Waals surface area (Å²) in [5.74, 6) is 0. The number of nitrogens with one attached hydrogen (secondary N) is 3. The summed E-state index contributed by atoms with van der Waals surface area (Å²) in [4.78, 5) is 11.7. The second-order valence-electron chi connectivity index (χ2n) is 5.13. The highest BCUT2D eigenvalue weighted by Crippen LogP contribution is 2.25. The molecule has 2 amide bonds. The van der Waals surface area contributed by atoms with E-state index in [9.17, 15) is 4.79 Å². The minimum Gasteiger partial charge on any atom is -0.385 e. The highest BCUT2D eigenvalue weighted by Gasteiger charge is 2.19. The van der Waals surface area contributed by atoms with E-state index >= 15 is 0 Å². The number of rotatable bonds is 2. The fourth-order valence-electron chi connectivity index (χ4n) is 2.44. The van der Waals surface area contributed by atoms with Gasteiger partial charge in [-0.25, -0.2) is 4.79 Å². The molecule has 1 saturated carbocycles. The van der Waals surface area contributed by atoms with Gasteiger partial charge in [0.1, 0.15) is 0 Å². The fourth-order valence-corrected chi connectivity index (χ4v) is 2.44. The molecule has 18 heavy (non-hydrogen) atoms. The van der Waals surface area contributed by atoms with Crippen molar-refractivity contribution in [1.82, 2.24) is 5.32 Å². The van der Waals surface area contributed by atoms with Crippen LogP contribution in [0.5, 0.6) is 0 Å². The minimum atomic E-state index is -0.0875. The number of amides is 2. The van der Waals surface area contributed by atoms with Gasteiger partial charge < -0.3 is 16.0 Å². The summed E-state index contributed by atoms with van der Waals surface area (Å²) in [6.45, 7) is 1.02. The molecule has 1 aromatic carbocycles. The number of aryl methyl sites for hydroxylation is 1. The van der Waals surface area contributed by atoms with Gasteiger partial charge in [0, 0.05) is 24.0 Å². The summed E-state index contributed by atoms with van der Waals surface area (Å²) < 4.78 is 0. The quantitative estimate of drug-likeness (QED) is 0.750. The summed E-state index contributed by atoms with van der Waals surface area (Å²) in [5.41, 5.74) is 3.36. The Morgan fingerprint density at radius 1 is 1.28 bits per heavy atom. The van der Waals surface area contributed by atoms with Crippen molar-refractivity contribution >= 4 is 17.4 Å². The molecule has 1 fully saturated rings. The molecule has 3 N–H and O–H groups in total. The molecule has 4 heteroatoms. The predicted molar refractivity (Wildman–Crippen MR) is 73.0 cm³/mol. The van der Waals surface area contributed by atoms with Gasteiger partial charge in [-0.05, 0) is 49.8 Å². The van der Waals surface area contributed by atoms with Crippen LogP contribution in [0.15, 0.2) is 18.2 Å². The van der Waals surface area contributed by atoms with Crippen molar-refractivity contribution in [2.45, 2.75) is 38.1 Å². The summed E-state index contributed by atoms with van der Waals surface area (Å²) in [5, 5.41) is 9.24. The van der Waals surface area contributed by atoms with Crippen LogP contribution in [0.3, 0.4) is 0 Å². The van der Waals surface area contributed by atoms with Crippen LogP contribution < -0.4 is 16.0 Å². The SMILES string of the molecule is O=C(Nc1ccc2c(c1)NCCC2)NC1CCC1. The third-order valence-electron chi connectivity index (χ3n) is 3.75. The van der Waals surface area contributed by atoms with Gasteiger partial charge in [-0.15, -0.1) is 0 Å². The van der Waals surface area contributed by atoms with E-state index in [0.29, 0.717) is 6.04 Å². The van der Waals surface area contributed by atoms with Gasteiger partial charge in [0.25, 0.3) is 0 Å². The molecule has 1 heterocycles. The van der Waals surface area contributed by atoms with E-state index in [1.165, 1.54) is 18.4 Å². The topological polar surface area (TPSA) is 53.2 Å². The molecule has 0 radical (unpaired) electrons. The number of carbonyl (C=O) groups is 1. The van der Waals surface area contributed by atoms with E-state index in [-0.39, 0.29) is 6.03 Å². The zero-order chi connectivity index (χ0) is 12.4. The van der Waals surface area contributed by atoms with Gasteiger partial charge in [-0.1, -0.05) is 6.07 Å². The second-order valence-corrected chi connectivity index (χ2v) is 5.13. The first-order valence-corrected chi connectivity index (χ1v) is 6.75. The van der Waals surface area contributed by atoms with Crippen molar-refractivity contribution in [3.05, 3.63) is 23.8 Å². The molecule has 0 bridgehead atoms. The fraction of sp³-hybridized carbons (Fsp3) is 0.500. The maximum Gasteiger partial charge on any atom is 0.319 e. The van der Waals surface area contributed by atoms with Gasteiger partial charge >= 0.3 is 6.03 Å². The van der Waals surface area contributed by atoms with Gasteiger partial charge in [-0.2, -0.15) is 0 Å². The van der Waals surface area contributed by atoms with Crippen molar-refractivity contribution in [2.75, 3.05) is 17.2 Å². The van der Waals surface area contributed by atoms with Crippen LogP contribution in [0.1, 0.15) is 31.2 Å². The van der Waals surface area contributed by atoms with E-state index in [0.717, 1.165) is 37.2 Å². The Hall–Kier alpha value is -1.71. The number of hydrogen-bond donors (Lipinski definition) is 3. The lowest BCUT2D eigenvalue weighted by atomic mass is 9.93. The second kappa shape index (κ2) is 4.88. The van der Waals surface area contributed by atoms with Gasteiger partial charge in [0.15, 0.2) is 0 Å². The van der Waals surface area contributed by atoms with Crippen LogP contribution >= 0.6 is 0 Å². The van der Waals surface area contributed by atoms with Crippen LogP contribution in [0.25, 0.3) is 0 Å². The Bertz CT molecular complexity index is 454. The Morgan fingerprint density at radius 3 is 2.94 bits per heavy atom. The number of carbonyl (C=O) groups excluding carboxylic acids is 1. The van der Waals surface area contributed by atoms with Crippen molar-refractivity contribution in [2.24, 2.45) is 0 Å². The first kappa shape index (κ1) is 11.4. The van der Waals surface area contributed by atoms with E-state index < -0.39 is 0 Å². The lowest BCUT2D eigenvalue weighted by Gasteiger charge is -2.26. The number of benzene rings is 1. The lowest BCUT2D eigenvalue weighted by Crippen LogP contribution is -2.41. The smallest absolute Gasteiger partial charge is 0.319 e. The predicted octanol–water partition coefficient (Wildman–Crippen LogP) is 2.72. The van der Waals surface area contributed by atoms with Crippen molar-refractivity contribution in [3.8, 4) is 0 Å². The monoisotopic (exact) mass is 245 g/mol. The van der Waals surface area contributed by atoms with E-state index in [2.05, 4.69) is 22.0 Å². The number of anilines is 2. The zero-order valence-corrected chi connectivity index (χ0v) is 10.5. The van der Waals surface area contributed by atoms with E-state index in [1.807, 2.05) is 12.1 Å². The average Bonchev–Trinajstić information content (AvgIpc) is 2.34. The third-order valence-corrected chi connectivity index (χ3v) is 3.75. The van der Waals surface area contributed by atoms with Crippen molar-refractivity contribution in [3.63, 3.8) is 0 Å². The molecule has 0 spiro atoms. The normalized spacial score (nSPS) is 18.2. The van der Waals surface area contributed by atoms with Crippen LogP contribution in [-0.4, -0.2) is 18.6 Å². The molecular formula is C14H19N3O. The number of fused-ring (bicyclic) bond motifs is 1. The molecule has 1 aromatic rings. The maximum absolute atomic E-state index is 11.7. The molecule has 3 rings (SSSR count). The van der Waals surface area contributed by atoms with Gasteiger partial charge in [0.2, 0.25) is 0 Å². The number of hydrogen-bond acceptors (Lipinski definition) is 2. The van der Waals surface area contributed by atoms with Crippen molar-refractivity contribution < 1.29 is 4.79 Å². The summed E-state index contributed by atoms with van der Waals surface area (Å²) in [7, 11) is 0. The highest BCUT2D eigenvalue weighted by molar-refractivity contribution is 5.90. The molecule has 0 atom stereocenters. The first-order chi connectivity index (χ1) is 8.81. The summed E-state index contributed by atoms with van der Waals surface area (Å²) >= 11 is 0. The first-order valence-electron chi connectivity index (χ1n) is 6.75. The van der Waals surface area contributed by atoms with Crippen molar-refractivity contribution in [1.29, 1.82) is 0 Å². The van der Waals surface area contributed by atoms with Crippen LogP contribution in [-0.2, 0) is 6.42 Å². The van der Waals surface area contributed by atoms with Gasteiger partial charge in [0.05, 0.1) is 0 Å². The number of urea groups is 1. The highest BCUT2D eigenvalue weighted by atomic mass is 16.2. The minimum absolute atomic E-state index is 0.0875. The molecule has 4 nitrogen and oxygen atoms in total. The molecule has 1 aliphatic carbocycles. The third kappa shape index (κ3) is 2.42. The maximum atomic E-state index is 11.7. The lowest BCUT2D eigenvalue weighted by molar-refractivity contribution is 0.240. The summed E-state index contributed by atoms with van der Waals surface area (Å²) in [6, 6.07) is 6.39. The van der Waals surface area contributed by atoms with Crippen LogP contribution in [0.2, 0.25) is 0 Å². The van der Waals surface area contributed by atoms with Crippen LogP contribution in [0.4, 0.5) is 16.2 Å². The average molecular weight is 245 g/mol.